The van der Waals surface area contributed by atoms with Crippen LogP contribution < -0.4 is 20.9 Å². The molecule has 9 nitrogen and oxygen atoms in total. The monoisotopic (exact) mass is 560 g/mol. The summed E-state index contributed by atoms with van der Waals surface area (Å²) in [4.78, 5) is 32.8. The van der Waals surface area contributed by atoms with Crippen LogP contribution in [-0.4, -0.2) is 80.8 Å². The summed E-state index contributed by atoms with van der Waals surface area (Å²) in [5.74, 6) is 0.557. The van der Waals surface area contributed by atoms with Gasteiger partial charge in [0.05, 0.1) is 0 Å². The number of aliphatic imine (C=N–C) groups is 1. The first-order valence-corrected chi connectivity index (χ1v) is 10.9. The summed E-state index contributed by atoms with van der Waals surface area (Å²) in [5.41, 5.74) is 0.659. The summed E-state index contributed by atoms with van der Waals surface area (Å²) >= 11 is 0. The minimum absolute atomic E-state index is 0. The number of rotatable bonds is 7. The van der Waals surface area contributed by atoms with E-state index in [9.17, 15) is 9.59 Å². The van der Waals surface area contributed by atoms with E-state index in [0.29, 0.717) is 38.7 Å². The lowest BCUT2D eigenvalue weighted by molar-refractivity contribution is -0.129. The van der Waals surface area contributed by atoms with Gasteiger partial charge in [0.15, 0.2) is 5.96 Å². The molecule has 1 heterocycles. The maximum atomic E-state index is 12.6. The summed E-state index contributed by atoms with van der Waals surface area (Å²) < 4.78 is 5.20. The summed E-state index contributed by atoms with van der Waals surface area (Å²) in [6.07, 6.45) is -0.457. The van der Waals surface area contributed by atoms with E-state index in [-0.39, 0.29) is 36.4 Å². The highest BCUT2D eigenvalue weighted by Crippen LogP contribution is 2.15. The van der Waals surface area contributed by atoms with Gasteiger partial charge in [-0.3, -0.25) is 4.79 Å². The standard InChI is InChI=1S/C22H36N6O3.HI/c1-5-23-20(24-11-12-25-21(30)31-22(2,3)4)26-17-19(29)28-15-13-27(14-16-28)18-9-7-6-8-10-18;/h6-10H,5,11-17H2,1-4H3,(H,25,30)(H2,23,24,26);1H. The normalized spacial score (nSPS) is 14.3. The molecule has 1 aromatic carbocycles. The Bertz CT molecular complexity index is 731. The first kappa shape index (κ1) is 27.8. The molecule has 3 N–H and O–H groups in total. The Morgan fingerprint density at radius 1 is 1.00 bits per heavy atom. The van der Waals surface area contributed by atoms with E-state index in [2.05, 4.69) is 38.0 Å². The molecule has 0 saturated carbocycles. The third-order valence-electron chi connectivity index (χ3n) is 4.56. The van der Waals surface area contributed by atoms with Gasteiger partial charge < -0.3 is 30.5 Å². The zero-order valence-electron chi connectivity index (χ0n) is 19.5. The third kappa shape index (κ3) is 10.4. The highest BCUT2D eigenvalue weighted by Gasteiger charge is 2.21. The fraction of sp³-hybridized carbons (Fsp3) is 0.591. The molecule has 1 fully saturated rings. The van der Waals surface area contributed by atoms with Gasteiger partial charge in [-0.05, 0) is 39.8 Å². The van der Waals surface area contributed by atoms with E-state index in [1.807, 2.05) is 50.8 Å². The Morgan fingerprint density at radius 3 is 2.22 bits per heavy atom. The average molecular weight is 560 g/mol. The molecular formula is C22H37IN6O3. The fourth-order valence-electron chi connectivity index (χ4n) is 3.10. The lowest BCUT2D eigenvalue weighted by Gasteiger charge is -2.36. The number of carbonyl (C=O) groups excluding carboxylic acids is 2. The van der Waals surface area contributed by atoms with E-state index in [1.54, 1.807) is 0 Å². The number of ether oxygens (including phenoxy) is 1. The highest BCUT2D eigenvalue weighted by molar-refractivity contribution is 14.0. The maximum absolute atomic E-state index is 12.6. The smallest absolute Gasteiger partial charge is 0.407 e. The minimum Gasteiger partial charge on any atom is -0.444 e. The Hall–Kier alpha value is -2.24. The Morgan fingerprint density at radius 2 is 1.62 bits per heavy atom. The molecule has 0 spiro atoms. The zero-order chi connectivity index (χ0) is 22.7. The van der Waals surface area contributed by atoms with Crippen LogP contribution in [0.1, 0.15) is 27.7 Å². The van der Waals surface area contributed by atoms with Crippen LogP contribution in [0.4, 0.5) is 10.5 Å². The van der Waals surface area contributed by atoms with Gasteiger partial charge in [-0.1, -0.05) is 18.2 Å². The molecule has 0 atom stereocenters. The van der Waals surface area contributed by atoms with Gasteiger partial charge in [0.2, 0.25) is 5.91 Å². The van der Waals surface area contributed by atoms with E-state index in [1.165, 1.54) is 5.69 Å². The van der Waals surface area contributed by atoms with Crippen LogP contribution >= 0.6 is 24.0 Å². The van der Waals surface area contributed by atoms with Crippen LogP contribution in [0.15, 0.2) is 35.3 Å². The quantitative estimate of drug-likeness (QED) is 0.205. The number of nitrogens with one attached hydrogen (secondary N) is 3. The summed E-state index contributed by atoms with van der Waals surface area (Å²) in [6.45, 7) is 12.0. The molecule has 0 aliphatic carbocycles. The molecule has 0 bridgehead atoms. The van der Waals surface area contributed by atoms with Crippen molar-refractivity contribution in [2.24, 2.45) is 4.99 Å². The Labute approximate surface area is 208 Å². The Balaban J connectivity index is 0.00000512. The molecular weight excluding hydrogens is 523 g/mol. The number of piperazine rings is 1. The van der Waals surface area contributed by atoms with Crippen LogP contribution in [0, 0.1) is 0 Å². The van der Waals surface area contributed by atoms with Gasteiger partial charge in [-0.15, -0.1) is 24.0 Å². The molecule has 1 aliphatic rings. The second-order valence-corrected chi connectivity index (χ2v) is 8.25. The van der Waals surface area contributed by atoms with Gasteiger partial charge in [0.1, 0.15) is 12.1 Å². The second-order valence-electron chi connectivity index (χ2n) is 8.25. The summed E-state index contributed by atoms with van der Waals surface area (Å²) in [5, 5.41) is 8.91. The third-order valence-corrected chi connectivity index (χ3v) is 4.56. The average Bonchev–Trinajstić information content (AvgIpc) is 2.74. The molecule has 10 heteroatoms. The second kappa shape index (κ2) is 14.0. The van der Waals surface area contributed by atoms with Crippen molar-refractivity contribution in [3.05, 3.63) is 30.3 Å². The molecule has 32 heavy (non-hydrogen) atoms. The van der Waals surface area contributed by atoms with Crippen LogP contribution in [-0.2, 0) is 9.53 Å². The molecule has 0 radical (unpaired) electrons. The largest absolute Gasteiger partial charge is 0.444 e. The van der Waals surface area contributed by atoms with Gasteiger partial charge in [-0.25, -0.2) is 9.79 Å². The molecule has 1 saturated heterocycles. The number of hydrogen-bond donors (Lipinski definition) is 3. The molecule has 1 aromatic rings. The zero-order valence-corrected chi connectivity index (χ0v) is 21.8. The van der Waals surface area contributed by atoms with Gasteiger partial charge in [0.25, 0.3) is 0 Å². The van der Waals surface area contributed by atoms with Crippen molar-refractivity contribution in [1.29, 1.82) is 0 Å². The SMILES string of the molecule is CCNC(=NCC(=O)N1CCN(c2ccccc2)CC1)NCCNC(=O)OC(C)(C)C.I. The van der Waals surface area contributed by atoms with Crippen molar-refractivity contribution >= 4 is 47.6 Å². The summed E-state index contributed by atoms with van der Waals surface area (Å²) in [6, 6.07) is 10.2. The molecule has 2 amide bonds. The number of amides is 2. The fourth-order valence-corrected chi connectivity index (χ4v) is 3.10. The number of carbonyl (C=O) groups is 2. The van der Waals surface area contributed by atoms with Gasteiger partial charge >= 0.3 is 6.09 Å². The predicted octanol–water partition coefficient (Wildman–Crippen LogP) is 2.03. The van der Waals surface area contributed by atoms with Crippen molar-refractivity contribution in [2.45, 2.75) is 33.3 Å². The maximum Gasteiger partial charge on any atom is 0.407 e. The molecule has 1 aliphatic heterocycles. The number of benzene rings is 1. The molecule has 0 aromatic heterocycles. The van der Waals surface area contributed by atoms with E-state index < -0.39 is 11.7 Å². The molecule has 2 rings (SSSR count). The van der Waals surface area contributed by atoms with Gasteiger partial charge in [0, 0.05) is 51.5 Å². The lowest BCUT2D eigenvalue weighted by Crippen LogP contribution is -2.49. The van der Waals surface area contributed by atoms with Crippen molar-refractivity contribution < 1.29 is 14.3 Å². The van der Waals surface area contributed by atoms with E-state index in [4.69, 9.17) is 4.74 Å². The number of guanidine groups is 1. The Kier molecular flexibility index (Phi) is 12.2. The van der Waals surface area contributed by atoms with Crippen LogP contribution in [0.3, 0.4) is 0 Å². The van der Waals surface area contributed by atoms with Crippen LogP contribution in [0.5, 0.6) is 0 Å². The number of alkyl carbamates (subject to hydrolysis) is 1. The lowest BCUT2D eigenvalue weighted by atomic mass is 10.2. The van der Waals surface area contributed by atoms with Crippen molar-refractivity contribution in [2.75, 3.05) is 57.3 Å². The summed E-state index contributed by atoms with van der Waals surface area (Å²) in [7, 11) is 0. The predicted molar refractivity (Wildman–Crippen MR) is 139 cm³/mol. The van der Waals surface area contributed by atoms with Crippen molar-refractivity contribution in [3.63, 3.8) is 0 Å². The van der Waals surface area contributed by atoms with Crippen molar-refractivity contribution in [3.8, 4) is 0 Å². The number of nitrogens with zero attached hydrogens (tertiary/aromatic N) is 3. The number of para-hydroxylation sites is 1. The number of halogens is 1. The van der Waals surface area contributed by atoms with Crippen LogP contribution in [0.2, 0.25) is 0 Å². The first-order valence-electron chi connectivity index (χ1n) is 10.9. The highest BCUT2D eigenvalue weighted by atomic mass is 127. The number of anilines is 1. The molecule has 0 unspecified atom stereocenters. The molecule has 180 valence electrons. The van der Waals surface area contributed by atoms with Crippen molar-refractivity contribution in [1.82, 2.24) is 20.9 Å². The topological polar surface area (TPSA) is 98.3 Å². The minimum atomic E-state index is -0.527. The first-order chi connectivity index (χ1) is 14.8. The van der Waals surface area contributed by atoms with Gasteiger partial charge in [-0.2, -0.15) is 0 Å². The number of hydrogen-bond acceptors (Lipinski definition) is 5. The van der Waals surface area contributed by atoms with Crippen LogP contribution in [0.25, 0.3) is 0 Å². The van der Waals surface area contributed by atoms with E-state index >= 15 is 0 Å². The van der Waals surface area contributed by atoms with E-state index in [0.717, 1.165) is 13.1 Å².